The normalized spacial score (nSPS) is 11.2. The molecule has 220 valence electrons. The number of halogens is 1. The average molecular weight is 637 g/mol. The Morgan fingerprint density at radius 1 is 0.977 bits per heavy atom. The highest BCUT2D eigenvalue weighted by molar-refractivity contribution is 7.98. The number of hydrogen-bond donors (Lipinski definition) is 1. The third-order valence-electron chi connectivity index (χ3n) is 7.20. The first-order valence-corrected chi connectivity index (χ1v) is 16.4. The maximum atomic E-state index is 13.0. The number of carbonyl (C=O) groups excluding carboxylic acids is 1. The lowest BCUT2D eigenvalue weighted by Gasteiger charge is -2.18. The number of aromatic nitrogens is 5. The van der Waals surface area contributed by atoms with Crippen molar-refractivity contribution in [1.82, 2.24) is 30.0 Å². The van der Waals surface area contributed by atoms with Gasteiger partial charge in [-0.2, -0.15) is 0 Å². The highest BCUT2D eigenvalue weighted by atomic mass is 35.5. The highest BCUT2D eigenvalue weighted by Crippen LogP contribution is 2.33. The van der Waals surface area contributed by atoms with Crippen LogP contribution in [-0.4, -0.2) is 37.2 Å². The summed E-state index contributed by atoms with van der Waals surface area (Å²) >= 11 is 9.35. The summed E-state index contributed by atoms with van der Waals surface area (Å²) in [6.07, 6.45) is 4.28. The monoisotopic (exact) mass is 636 g/mol. The van der Waals surface area contributed by atoms with E-state index in [0.717, 1.165) is 28.2 Å². The summed E-state index contributed by atoms with van der Waals surface area (Å²) in [5, 5.41) is 16.0. The van der Waals surface area contributed by atoms with Gasteiger partial charge in [-0.05, 0) is 54.3 Å². The Balaban J connectivity index is 1.13. The van der Waals surface area contributed by atoms with Crippen LogP contribution in [0.4, 0.5) is 0 Å². The van der Waals surface area contributed by atoms with Gasteiger partial charge < -0.3 is 5.32 Å². The van der Waals surface area contributed by atoms with Crippen LogP contribution in [0.5, 0.6) is 0 Å². The smallest absolute Gasteiger partial charge is 0.270 e. The summed E-state index contributed by atoms with van der Waals surface area (Å²) in [5.74, 6) is 1.23. The largest absolute Gasteiger partial charge is 0.351 e. The van der Waals surface area contributed by atoms with E-state index < -0.39 is 0 Å². The van der Waals surface area contributed by atoms with Crippen LogP contribution in [-0.2, 0) is 5.75 Å². The first-order valence-electron chi connectivity index (χ1n) is 14.1. The second kappa shape index (κ2) is 14.0. The second-order valence-electron chi connectivity index (χ2n) is 10.1. The fourth-order valence-corrected chi connectivity index (χ4v) is 6.91. The molecule has 7 nitrogen and oxygen atoms in total. The fourth-order valence-electron chi connectivity index (χ4n) is 5.01. The van der Waals surface area contributed by atoms with E-state index in [1.165, 1.54) is 34.2 Å². The van der Waals surface area contributed by atoms with Crippen LogP contribution in [0, 0.1) is 6.92 Å². The van der Waals surface area contributed by atoms with Gasteiger partial charge in [-0.25, -0.2) is 4.98 Å². The first kappa shape index (κ1) is 29.7. The van der Waals surface area contributed by atoms with E-state index >= 15 is 0 Å². The summed E-state index contributed by atoms with van der Waals surface area (Å²) in [5.41, 5.74) is 5.66. The number of nitrogens with one attached hydrogen (secondary N) is 1. The van der Waals surface area contributed by atoms with E-state index in [1.807, 2.05) is 59.3 Å². The van der Waals surface area contributed by atoms with Crippen LogP contribution in [0.25, 0.3) is 17.1 Å². The number of hydrogen-bond acceptors (Lipinski definition) is 7. The summed E-state index contributed by atoms with van der Waals surface area (Å²) in [7, 11) is 0. The van der Waals surface area contributed by atoms with Crippen molar-refractivity contribution in [3.63, 3.8) is 0 Å². The molecule has 0 radical (unpaired) electrons. The van der Waals surface area contributed by atoms with Crippen LogP contribution < -0.4 is 5.32 Å². The predicted molar refractivity (Wildman–Crippen MR) is 178 cm³/mol. The minimum Gasteiger partial charge on any atom is -0.351 e. The maximum absolute atomic E-state index is 13.0. The Bertz CT molecular complexity index is 1800. The van der Waals surface area contributed by atoms with E-state index in [9.17, 15) is 4.79 Å². The molecule has 6 aromatic rings. The molecule has 6 rings (SSSR count). The Labute approximate surface area is 269 Å². The van der Waals surface area contributed by atoms with Gasteiger partial charge in [0.05, 0.1) is 11.4 Å². The molecule has 0 fully saturated rings. The Morgan fingerprint density at radius 3 is 2.43 bits per heavy atom. The van der Waals surface area contributed by atoms with Gasteiger partial charge in [-0.1, -0.05) is 90.1 Å². The topological polar surface area (TPSA) is 85.6 Å². The fraction of sp³-hybridized carbons (Fsp3) is 0.147. The molecule has 3 heterocycles. The van der Waals surface area contributed by atoms with Crippen LogP contribution in [0.1, 0.15) is 44.5 Å². The van der Waals surface area contributed by atoms with Gasteiger partial charge in [-0.3, -0.25) is 14.3 Å². The number of aryl methyl sites for hydroxylation is 1. The predicted octanol–water partition coefficient (Wildman–Crippen LogP) is 7.99. The number of thiazole rings is 1. The summed E-state index contributed by atoms with van der Waals surface area (Å²) in [4.78, 5) is 21.9. The highest BCUT2D eigenvalue weighted by Gasteiger charge is 2.20. The van der Waals surface area contributed by atoms with Gasteiger partial charge in [0.25, 0.3) is 5.91 Å². The van der Waals surface area contributed by atoms with E-state index in [1.54, 1.807) is 12.4 Å². The number of amides is 1. The van der Waals surface area contributed by atoms with Crippen molar-refractivity contribution in [2.24, 2.45) is 0 Å². The number of carbonyl (C=O) groups is 1. The van der Waals surface area contributed by atoms with Crippen molar-refractivity contribution in [2.45, 2.75) is 30.2 Å². The number of pyridine rings is 1. The van der Waals surface area contributed by atoms with E-state index in [2.05, 4.69) is 74.0 Å². The van der Waals surface area contributed by atoms with Gasteiger partial charge in [0.1, 0.15) is 10.7 Å². The molecule has 3 aromatic carbocycles. The molecule has 0 saturated carbocycles. The minimum absolute atomic E-state index is 0.172. The third kappa shape index (κ3) is 6.91. The van der Waals surface area contributed by atoms with Crippen molar-refractivity contribution in [3.05, 3.63) is 141 Å². The van der Waals surface area contributed by atoms with E-state index in [4.69, 9.17) is 11.6 Å². The molecular formula is C34H29ClN6OS2. The molecule has 44 heavy (non-hydrogen) atoms. The summed E-state index contributed by atoms with van der Waals surface area (Å²) in [6.45, 7) is 2.56. The third-order valence-corrected chi connectivity index (χ3v) is 9.40. The van der Waals surface area contributed by atoms with Crippen LogP contribution in [0.3, 0.4) is 0 Å². The molecule has 0 aliphatic heterocycles. The van der Waals surface area contributed by atoms with Gasteiger partial charge in [0.15, 0.2) is 11.0 Å². The Morgan fingerprint density at radius 2 is 1.73 bits per heavy atom. The number of thioether (sulfide) groups is 1. The molecule has 1 N–H and O–H groups in total. The first-order chi connectivity index (χ1) is 21.6. The molecule has 0 spiro atoms. The zero-order valence-electron chi connectivity index (χ0n) is 23.9. The van der Waals surface area contributed by atoms with Crippen molar-refractivity contribution in [3.8, 4) is 17.1 Å². The van der Waals surface area contributed by atoms with Crippen LogP contribution >= 0.6 is 34.7 Å². The lowest BCUT2D eigenvalue weighted by Crippen LogP contribution is -2.26. The molecule has 0 aliphatic carbocycles. The molecule has 10 heteroatoms. The molecular weight excluding hydrogens is 608 g/mol. The lowest BCUT2D eigenvalue weighted by atomic mass is 9.88. The van der Waals surface area contributed by atoms with Gasteiger partial charge in [0, 0.05) is 40.8 Å². The maximum Gasteiger partial charge on any atom is 0.270 e. The SMILES string of the molecule is Cc1ccc(Cl)cc1-n1c(SCc2nc(C(=O)NCCC(c3ccccc3)c3ccccc3)cs2)nnc1-c1cccnc1. The summed E-state index contributed by atoms with van der Waals surface area (Å²) < 4.78 is 2.00. The van der Waals surface area contributed by atoms with Crippen molar-refractivity contribution in [1.29, 1.82) is 0 Å². The zero-order valence-corrected chi connectivity index (χ0v) is 26.3. The number of benzene rings is 3. The Kier molecular flexibility index (Phi) is 9.45. The standard InChI is InChI=1S/C34H29ClN6OS2/c1-23-14-15-27(35)19-30(23)41-32(26-13-8-17-36-20-26)39-40-34(41)44-22-31-38-29(21-43-31)33(42)37-18-16-28(24-9-4-2-5-10-24)25-11-6-3-7-12-25/h2-15,17,19-21,28H,16,18,22H2,1H3,(H,37,42). The van der Waals surface area contributed by atoms with Crippen LogP contribution in [0.15, 0.2) is 114 Å². The quantitative estimate of drug-likeness (QED) is 0.145. The van der Waals surface area contributed by atoms with Crippen molar-refractivity contribution in [2.75, 3.05) is 6.54 Å². The van der Waals surface area contributed by atoms with E-state index in [0.29, 0.717) is 34.0 Å². The van der Waals surface area contributed by atoms with Gasteiger partial charge in [-0.15, -0.1) is 21.5 Å². The van der Waals surface area contributed by atoms with Gasteiger partial charge >= 0.3 is 0 Å². The number of nitrogens with zero attached hydrogens (tertiary/aromatic N) is 5. The minimum atomic E-state index is -0.172. The molecule has 1 amide bonds. The molecule has 0 unspecified atom stereocenters. The van der Waals surface area contributed by atoms with Crippen LogP contribution in [0.2, 0.25) is 5.02 Å². The molecule has 3 aromatic heterocycles. The molecule has 0 atom stereocenters. The average Bonchev–Trinajstić information content (AvgIpc) is 3.72. The zero-order chi connectivity index (χ0) is 30.3. The second-order valence-corrected chi connectivity index (χ2v) is 12.5. The van der Waals surface area contributed by atoms with E-state index in [-0.39, 0.29) is 11.8 Å². The lowest BCUT2D eigenvalue weighted by molar-refractivity contribution is 0.0948. The molecule has 0 saturated heterocycles. The van der Waals surface area contributed by atoms with Crippen molar-refractivity contribution < 1.29 is 4.79 Å². The number of rotatable bonds is 11. The molecule has 0 bridgehead atoms. The van der Waals surface area contributed by atoms with Crippen molar-refractivity contribution >= 4 is 40.6 Å². The Hall–Kier alpha value is -4.31. The summed E-state index contributed by atoms with van der Waals surface area (Å²) in [6, 6.07) is 30.4. The van der Waals surface area contributed by atoms with Gasteiger partial charge in [0.2, 0.25) is 0 Å². The molecule has 0 aliphatic rings.